The third kappa shape index (κ3) is 4.53. The summed E-state index contributed by atoms with van der Waals surface area (Å²) in [6.07, 6.45) is 0. The highest BCUT2D eigenvalue weighted by Gasteiger charge is 2.42. The fraction of sp³-hybridized carbons (Fsp3) is 0.451. The smallest absolute Gasteiger partial charge is 0.0602 e. The number of benzene rings is 3. The summed E-state index contributed by atoms with van der Waals surface area (Å²) in [6, 6.07) is 0.386. The first kappa shape index (κ1) is 38.1. The molecule has 3 nitrogen and oxygen atoms in total. The van der Waals surface area contributed by atoms with Crippen molar-refractivity contribution in [3.8, 4) is 22.3 Å². The number of hydrogen-bond donors (Lipinski definition) is 0. The van der Waals surface area contributed by atoms with Crippen LogP contribution in [0.1, 0.15) is 113 Å². The van der Waals surface area contributed by atoms with E-state index < -0.39 is 0 Å². The van der Waals surface area contributed by atoms with Crippen LogP contribution in [0, 0.1) is 95.9 Å². The molecule has 3 heterocycles. The van der Waals surface area contributed by atoms with E-state index in [0.29, 0.717) is 12.0 Å². The molecule has 2 unspecified atom stereocenters. The molecular weight excluding hydrogens is 655 g/mol. The number of likely N-dealkylation sites (N-methyl/N-ethyl adjacent to an activating group) is 1. The van der Waals surface area contributed by atoms with E-state index in [0.717, 1.165) is 0 Å². The van der Waals surface area contributed by atoms with Gasteiger partial charge in [0, 0.05) is 54.9 Å². The standard InChI is InChI=1S/C51H65N3/c1-22-25(4)49-46(28(7)37(16)52(49)19)34(13)40(22)43-31(10)44(41-23(2)26(5)50-47(35(41)14)29(8)38(17)53(50)20)33(12)45(32(43)11)42-24(3)27(6)51-48(36(42)15)30(9)39(18)54(51)21/h46,49H,1-21H3. The molecule has 3 aromatic carbocycles. The molecule has 2 aromatic heterocycles. The summed E-state index contributed by atoms with van der Waals surface area (Å²) in [5, 5.41) is 2.84. The highest BCUT2D eigenvalue weighted by Crippen LogP contribution is 2.54. The molecular formula is C51H65N3. The van der Waals surface area contributed by atoms with Gasteiger partial charge in [-0.15, -0.1) is 0 Å². The second-order valence-corrected chi connectivity index (χ2v) is 17.7. The van der Waals surface area contributed by atoms with Crippen LogP contribution in [0.15, 0.2) is 28.0 Å². The maximum absolute atomic E-state index is 2.54. The van der Waals surface area contributed by atoms with Crippen molar-refractivity contribution < 1.29 is 0 Å². The molecule has 2 aliphatic rings. The molecule has 0 spiro atoms. The minimum Gasteiger partial charge on any atom is -0.370 e. The van der Waals surface area contributed by atoms with Gasteiger partial charge in [0.05, 0.1) is 17.1 Å². The number of fused-ring (bicyclic) bond motifs is 3. The molecule has 0 radical (unpaired) electrons. The van der Waals surface area contributed by atoms with Gasteiger partial charge in [-0.2, -0.15) is 0 Å². The van der Waals surface area contributed by atoms with Crippen LogP contribution in [-0.2, 0) is 14.1 Å². The van der Waals surface area contributed by atoms with E-state index in [1.807, 2.05) is 0 Å². The van der Waals surface area contributed by atoms with Crippen molar-refractivity contribution in [3.05, 3.63) is 106 Å². The first-order valence-corrected chi connectivity index (χ1v) is 20.2. The molecule has 0 fully saturated rings. The van der Waals surface area contributed by atoms with Crippen LogP contribution in [-0.4, -0.2) is 27.1 Å². The molecule has 0 saturated heterocycles. The van der Waals surface area contributed by atoms with Gasteiger partial charge in [0.2, 0.25) is 0 Å². The van der Waals surface area contributed by atoms with E-state index in [-0.39, 0.29) is 0 Å². The lowest BCUT2D eigenvalue weighted by Gasteiger charge is -2.38. The Balaban J connectivity index is 1.73. The van der Waals surface area contributed by atoms with Crippen LogP contribution in [0.5, 0.6) is 0 Å². The van der Waals surface area contributed by atoms with Crippen LogP contribution < -0.4 is 0 Å². The topological polar surface area (TPSA) is 13.1 Å². The number of aryl methyl sites for hydroxylation is 8. The summed E-state index contributed by atoms with van der Waals surface area (Å²) in [5.74, 6) is 0.384. The highest BCUT2D eigenvalue weighted by molar-refractivity contribution is 6.04. The van der Waals surface area contributed by atoms with Crippen LogP contribution in [0.4, 0.5) is 0 Å². The molecule has 3 heteroatoms. The second kappa shape index (κ2) is 12.4. The molecule has 2 atom stereocenters. The fourth-order valence-electron chi connectivity index (χ4n) is 11.9. The van der Waals surface area contributed by atoms with Gasteiger partial charge in [0.1, 0.15) is 0 Å². The van der Waals surface area contributed by atoms with Crippen LogP contribution >= 0.6 is 0 Å². The third-order valence-corrected chi connectivity index (χ3v) is 15.6. The normalized spacial score (nSPS) is 17.8. The summed E-state index contributed by atoms with van der Waals surface area (Å²) in [4.78, 5) is 2.54. The van der Waals surface area contributed by atoms with E-state index in [9.17, 15) is 0 Å². The number of hydrogen-bond acceptors (Lipinski definition) is 1. The van der Waals surface area contributed by atoms with Crippen molar-refractivity contribution in [3.63, 3.8) is 0 Å². The monoisotopic (exact) mass is 720 g/mol. The van der Waals surface area contributed by atoms with E-state index in [4.69, 9.17) is 0 Å². The highest BCUT2D eigenvalue weighted by atomic mass is 15.2. The molecule has 1 aliphatic carbocycles. The molecule has 284 valence electrons. The van der Waals surface area contributed by atoms with Crippen LogP contribution in [0.2, 0.25) is 0 Å². The lowest BCUT2D eigenvalue weighted by atomic mass is 9.69. The van der Waals surface area contributed by atoms with Gasteiger partial charge in [-0.3, -0.25) is 0 Å². The van der Waals surface area contributed by atoms with Gasteiger partial charge < -0.3 is 14.0 Å². The van der Waals surface area contributed by atoms with Gasteiger partial charge >= 0.3 is 0 Å². The Morgan fingerprint density at radius 1 is 0.352 bits per heavy atom. The summed E-state index contributed by atoms with van der Waals surface area (Å²) < 4.78 is 4.84. The molecule has 5 aromatic rings. The van der Waals surface area contributed by atoms with Crippen molar-refractivity contribution in [1.82, 2.24) is 14.0 Å². The third-order valence-electron chi connectivity index (χ3n) is 15.6. The lowest BCUT2D eigenvalue weighted by Crippen LogP contribution is -2.35. The zero-order chi connectivity index (χ0) is 40.1. The molecule has 0 bridgehead atoms. The first-order valence-electron chi connectivity index (χ1n) is 20.2. The summed E-state index contributed by atoms with van der Waals surface area (Å²) in [7, 11) is 6.79. The minimum absolute atomic E-state index is 0.384. The Hall–Kier alpha value is -4.24. The Bertz CT molecular complexity index is 2510. The van der Waals surface area contributed by atoms with Gasteiger partial charge in [0.15, 0.2) is 0 Å². The molecule has 54 heavy (non-hydrogen) atoms. The van der Waals surface area contributed by atoms with Crippen molar-refractivity contribution in [2.75, 3.05) is 7.05 Å². The number of allylic oxidation sites excluding steroid dienone is 3. The van der Waals surface area contributed by atoms with Crippen molar-refractivity contribution in [2.24, 2.45) is 20.0 Å². The van der Waals surface area contributed by atoms with Crippen LogP contribution in [0.3, 0.4) is 0 Å². The van der Waals surface area contributed by atoms with Crippen molar-refractivity contribution in [2.45, 2.75) is 131 Å². The van der Waals surface area contributed by atoms with E-state index in [1.54, 1.807) is 0 Å². The maximum atomic E-state index is 2.54. The quantitative estimate of drug-likeness (QED) is 0.181. The average molecular weight is 720 g/mol. The lowest BCUT2D eigenvalue weighted by molar-refractivity contribution is 0.333. The molecule has 7 rings (SSSR count). The summed E-state index contributed by atoms with van der Waals surface area (Å²) in [5.41, 5.74) is 36.8. The predicted octanol–water partition coefficient (Wildman–Crippen LogP) is 13.4. The van der Waals surface area contributed by atoms with Gasteiger partial charge in [-0.1, -0.05) is 5.57 Å². The Labute approximate surface area is 326 Å². The molecule has 0 N–H and O–H groups in total. The summed E-state index contributed by atoms with van der Waals surface area (Å²) >= 11 is 0. The summed E-state index contributed by atoms with van der Waals surface area (Å²) in [6.45, 7) is 42.7. The average Bonchev–Trinajstić information content (AvgIpc) is 3.60. The molecule has 0 saturated carbocycles. The number of rotatable bonds is 3. The minimum atomic E-state index is 0.384. The fourth-order valence-corrected chi connectivity index (χ4v) is 11.9. The van der Waals surface area contributed by atoms with Crippen molar-refractivity contribution in [1.29, 1.82) is 0 Å². The predicted molar refractivity (Wildman–Crippen MR) is 236 cm³/mol. The SMILES string of the molecule is CC1=C(C)C2C(C(C)=C1c1c(C)c(-c3c(C)c(C)c4c(c3C)c(C)c(C)n4C)c(C)c(-c3c(C)c(C)c4c(c3C)c(C)c(C)n4C)c1C)C(C)=C(C)N2C. The Morgan fingerprint density at radius 2 is 0.722 bits per heavy atom. The number of nitrogens with zero attached hydrogens (tertiary/aromatic N) is 3. The van der Waals surface area contributed by atoms with Gasteiger partial charge in [-0.25, -0.2) is 0 Å². The zero-order valence-electron chi connectivity index (χ0n) is 37.5. The Kier molecular flexibility index (Phi) is 8.73. The van der Waals surface area contributed by atoms with Gasteiger partial charge in [-0.05, 0) is 236 Å². The van der Waals surface area contributed by atoms with E-state index >= 15 is 0 Å². The molecule has 1 aliphatic heterocycles. The number of aromatic nitrogens is 2. The molecule has 0 amide bonds. The largest absolute Gasteiger partial charge is 0.370 e. The van der Waals surface area contributed by atoms with E-state index in [1.165, 1.54) is 156 Å². The van der Waals surface area contributed by atoms with Crippen molar-refractivity contribution >= 4 is 27.4 Å². The van der Waals surface area contributed by atoms with E-state index in [2.05, 4.69) is 160 Å². The van der Waals surface area contributed by atoms with Crippen LogP contribution in [0.25, 0.3) is 49.6 Å². The van der Waals surface area contributed by atoms with Gasteiger partial charge in [0.25, 0.3) is 0 Å². The zero-order valence-corrected chi connectivity index (χ0v) is 37.5. The first-order chi connectivity index (χ1) is 25.1. The maximum Gasteiger partial charge on any atom is 0.0602 e. The second-order valence-electron chi connectivity index (χ2n) is 17.7. The Morgan fingerprint density at radius 3 is 1.13 bits per heavy atom.